The van der Waals surface area contributed by atoms with Gasteiger partial charge in [-0.1, -0.05) is 67.3 Å². The fourth-order valence-electron chi connectivity index (χ4n) is 3.73. The van der Waals surface area contributed by atoms with Crippen LogP contribution in [-0.2, 0) is 0 Å². The van der Waals surface area contributed by atoms with Gasteiger partial charge in [-0.05, 0) is 41.8 Å². The van der Waals surface area contributed by atoms with Gasteiger partial charge in [0.15, 0.2) is 0 Å². The molecule has 0 amide bonds. The molecule has 0 bridgehead atoms. The molecule has 0 atom stereocenters. The van der Waals surface area contributed by atoms with Crippen molar-refractivity contribution in [3.05, 3.63) is 58.6 Å². The van der Waals surface area contributed by atoms with Gasteiger partial charge in [-0.2, -0.15) is 0 Å². The first kappa shape index (κ1) is 16.6. The minimum absolute atomic E-state index is 0.537. The minimum Gasteiger partial charge on any atom is -0.367 e. The van der Waals surface area contributed by atoms with Gasteiger partial charge in [0, 0.05) is 22.4 Å². The lowest BCUT2D eigenvalue weighted by atomic mass is 9.95. The highest BCUT2D eigenvalue weighted by Crippen LogP contribution is 2.37. The van der Waals surface area contributed by atoms with Crippen LogP contribution in [0.25, 0.3) is 22.0 Å². The molecule has 2 aromatic carbocycles. The van der Waals surface area contributed by atoms with Crippen LogP contribution >= 0.6 is 15.9 Å². The lowest BCUT2D eigenvalue weighted by Crippen LogP contribution is -2.23. The van der Waals surface area contributed by atoms with Gasteiger partial charge in [0.25, 0.3) is 0 Å². The molecule has 0 saturated heterocycles. The molecule has 3 aromatic rings. The van der Waals surface area contributed by atoms with E-state index in [0.717, 1.165) is 21.5 Å². The van der Waals surface area contributed by atoms with Crippen molar-refractivity contribution in [2.75, 3.05) is 5.32 Å². The molecule has 128 valence electrons. The van der Waals surface area contributed by atoms with Gasteiger partial charge in [-0.15, -0.1) is 0 Å². The standard InChI is InChI=1S/C22H23BrN2/c1-15-12-13-18-19(14-15)22(24-17-10-6-3-7-11-17)25-21(20(18)23)16-8-4-2-5-9-16/h2,4-5,8-9,12-14,17H,3,6-7,10-11H2,1H3,(H,24,25). The number of pyridine rings is 1. The highest BCUT2D eigenvalue weighted by atomic mass is 79.9. The zero-order chi connectivity index (χ0) is 17.2. The number of fused-ring (bicyclic) bond motifs is 1. The molecule has 1 fully saturated rings. The average Bonchev–Trinajstić information content (AvgIpc) is 2.65. The third-order valence-corrected chi connectivity index (χ3v) is 5.89. The van der Waals surface area contributed by atoms with Crippen LogP contribution in [0.2, 0.25) is 0 Å². The highest BCUT2D eigenvalue weighted by molar-refractivity contribution is 9.10. The van der Waals surface area contributed by atoms with Crippen molar-refractivity contribution in [1.82, 2.24) is 4.98 Å². The number of anilines is 1. The summed E-state index contributed by atoms with van der Waals surface area (Å²) in [5.41, 5.74) is 3.42. The summed E-state index contributed by atoms with van der Waals surface area (Å²) in [7, 11) is 0. The molecule has 1 N–H and O–H groups in total. The molecule has 1 aromatic heterocycles. The molecule has 2 nitrogen and oxygen atoms in total. The van der Waals surface area contributed by atoms with E-state index in [-0.39, 0.29) is 0 Å². The fourth-order valence-corrected chi connectivity index (χ4v) is 4.40. The van der Waals surface area contributed by atoms with E-state index < -0.39 is 0 Å². The summed E-state index contributed by atoms with van der Waals surface area (Å²) in [6, 6.07) is 17.6. The van der Waals surface area contributed by atoms with Gasteiger partial charge in [0.2, 0.25) is 0 Å². The van der Waals surface area contributed by atoms with Gasteiger partial charge in [-0.25, -0.2) is 4.98 Å². The molecule has 0 radical (unpaired) electrons. The Morgan fingerprint density at radius 2 is 1.72 bits per heavy atom. The Bertz CT molecular complexity index is 883. The van der Waals surface area contributed by atoms with E-state index in [2.05, 4.69) is 70.6 Å². The van der Waals surface area contributed by atoms with Crippen LogP contribution in [0.1, 0.15) is 37.7 Å². The largest absolute Gasteiger partial charge is 0.367 e. The zero-order valence-electron chi connectivity index (χ0n) is 14.6. The third-order valence-electron chi connectivity index (χ3n) is 5.09. The van der Waals surface area contributed by atoms with Gasteiger partial charge in [-0.3, -0.25) is 0 Å². The Labute approximate surface area is 157 Å². The quantitative estimate of drug-likeness (QED) is 0.533. The number of hydrogen-bond donors (Lipinski definition) is 1. The zero-order valence-corrected chi connectivity index (χ0v) is 16.1. The maximum absolute atomic E-state index is 5.05. The number of nitrogens with one attached hydrogen (secondary N) is 1. The van der Waals surface area contributed by atoms with E-state index in [1.165, 1.54) is 48.4 Å². The SMILES string of the molecule is Cc1ccc2c(Br)c(-c3ccccc3)nc(NC3CCCCC3)c2c1. The first-order chi connectivity index (χ1) is 12.2. The maximum atomic E-state index is 5.05. The van der Waals surface area contributed by atoms with Crippen LogP contribution in [0.4, 0.5) is 5.82 Å². The van der Waals surface area contributed by atoms with Gasteiger partial charge >= 0.3 is 0 Å². The molecule has 0 spiro atoms. The summed E-state index contributed by atoms with van der Waals surface area (Å²) >= 11 is 3.81. The Morgan fingerprint density at radius 3 is 2.48 bits per heavy atom. The predicted octanol–water partition coefficient (Wildman–Crippen LogP) is 6.72. The molecule has 1 aliphatic carbocycles. The highest BCUT2D eigenvalue weighted by Gasteiger charge is 2.18. The van der Waals surface area contributed by atoms with Crippen molar-refractivity contribution in [2.24, 2.45) is 0 Å². The number of nitrogens with zero attached hydrogens (tertiary/aromatic N) is 1. The monoisotopic (exact) mass is 394 g/mol. The Morgan fingerprint density at radius 1 is 0.960 bits per heavy atom. The number of hydrogen-bond acceptors (Lipinski definition) is 2. The summed E-state index contributed by atoms with van der Waals surface area (Å²) in [5.74, 6) is 1.02. The van der Waals surface area contributed by atoms with Crippen LogP contribution in [0, 0.1) is 6.92 Å². The second kappa shape index (κ2) is 7.17. The van der Waals surface area contributed by atoms with Crippen LogP contribution in [0.3, 0.4) is 0 Å². The van der Waals surface area contributed by atoms with E-state index in [4.69, 9.17) is 4.98 Å². The molecule has 1 aliphatic rings. The topological polar surface area (TPSA) is 24.9 Å². The molecule has 1 heterocycles. The molecular weight excluding hydrogens is 372 g/mol. The van der Waals surface area contributed by atoms with Crippen LogP contribution in [0.5, 0.6) is 0 Å². The van der Waals surface area contributed by atoms with Crippen molar-refractivity contribution in [1.29, 1.82) is 0 Å². The van der Waals surface area contributed by atoms with Crippen LogP contribution in [-0.4, -0.2) is 11.0 Å². The lowest BCUT2D eigenvalue weighted by Gasteiger charge is -2.25. The molecular formula is C22H23BrN2. The number of aromatic nitrogens is 1. The number of benzene rings is 2. The Balaban J connectivity index is 1.86. The average molecular weight is 395 g/mol. The van der Waals surface area contributed by atoms with Crippen molar-refractivity contribution in [2.45, 2.75) is 45.1 Å². The molecule has 3 heteroatoms. The first-order valence-electron chi connectivity index (χ1n) is 9.14. The van der Waals surface area contributed by atoms with Crippen molar-refractivity contribution in [3.8, 4) is 11.3 Å². The maximum Gasteiger partial charge on any atom is 0.134 e. The van der Waals surface area contributed by atoms with E-state index in [1.54, 1.807) is 0 Å². The molecule has 1 saturated carbocycles. The number of halogens is 1. The van der Waals surface area contributed by atoms with Crippen molar-refractivity contribution < 1.29 is 0 Å². The van der Waals surface area contributed by atoms with Crippen molar-refractivity contribution in [3.63, 3.8) is 0 Å². The Hall–Kier alpha value is -1.87. The summed E-state index contributed by atoms with van der Waals surface area (Å²) in [5, 5.41) is 6.18. The second-order valence-electron chi connectivity index (χ2n) is 7.02. The summed E-state index contributed by atoms with van der Waals surface area (Å²) in [6.07, 6.45) is 6.48. The number of aryl methyl sites for hydroxylation is 1. The van der Waals surface area contributed by atoms with E-state index >= 15 is 0 Å². The summed E-state index contributed by atoms with van der Waals surface area (Å²) in [6.45, 7) is 2.14. The summed E-state index contributed by atoms with van der Waals surface area (Å²) in [4.78, 5) is 5.05. The lowest BCUT2D eigenvalue weighted by molar-refractivity contribution is 0.462. The van der Waals surface area contributed by atoms with Crippen LogP contribution in [0.15, 0.2) is 53.0 Å². The van der Waals surface area contributed by atoms with E-state index in [9.17, 15) is 0 Å². The molecule has 0 aliphatic heterocycles. The Kier molecular flexibility index (Phi) is 4.76. The first-order valence-corrected chi connectivity index (χ1v) is 9.93. The number of rotatable bonds is 3. The molecule has 25 heavy (non-hydrogen) atoms. The van der Waals surface area contributed by atoms with Gasteiger partial charge in [0.05, 0.1) is 10.2 Å². The van der Waals surface area contributed by atoms with Gasteiger partial charge < -0.3 is 5.32 Å². The molecule has 0 unspecified atom stereocenters. The summed E-state index contributed by atoms with van der Waals surface area (Å²) < 4.78 is 1.07. The second-order valence-corrected chi connectivity index (χ2v) is 7.81. The normalized spacial score (nSPS) is 15.4. The predicted molar refractivity (Wildman–Crippen MR) is 110 cm³/mol. The van der Waals surface area contributed by atoms with Crippen molar-refractivity contribution >= 4 is 32.5 Å². The van der Waals surface area contributed by atoms with Gasteiger partial charge in [0.1, 0.15) is 5.82 Å². The minimum atomic E-state index is 0.537. The fraction of sp³-hybridized carbons (Fsp3) is 0.318. The van der Waals surface area contributed by atoms with Crippen LogP contribution < -0.4 is 5.32 Å². The smallest absolute Gasteiger partial charge is 0.134 e. The van der Waals surface area contributed by atoms with E-state index in [1.807, 2.05) is 6.07 Å². The third kappa shape index (κ3) is 3.43. The van der Waals surface area contributed by atoms with E-state index in [0.29, 0.717) is 6.04 Å². The molecule has 4 rings (SSSR count).